The molecule has 1 fully saturated rings. The second-order valence-corrected chi connectivity index (χ2v) is 5.17. The number of hydrogen-bond donors (Lipinski definition) is 1. The zero-order valence-electron chi connectivity index (χ0n) is 11.0. The Morgan fingerprint density at radius 3 is 2.53 bits per heavy atom. The first kappa shape index (κ1) is 13.5. The molecule has 5 nitrogen and oxygen atoms in total. The van der Waals surface area contributed by atoms with Gasteiger partial charge >= 0.3 is 5.97 Å². The quantitative estimate of drug-likeness (QED) is 0.869. The summed E-state index contributed by atoms with van der Waals surface area (Å²) in [5.41, 5.74) is 0.428. The number of carboxylic acid groups (broad SMARTS) is 1. The molecule has 1 aromatic rings. The maximum Gasteiger partial charge on any atom is 0.313 e. The van der Waals surface area contributed by atoms with Gasteiger partial charge in [0.1, 0.15) is 5.41 Å². The fourth-order valence-corrected chi connectivity index (χ4v) is 2.49. The third-order valence-corrected chi connectivity index (χ3v) is 3.76. The highest BCUT2D eigenvalue weighted by atomic mass is 16.4. The Morgan fingerprint density at radius 2 is 2.00 bits per heavy atom. The van der Waals surface area contributed by atoms with E-state index < -0.39 is 11.4 Å². The number of carbonyl (C=O) groups excluding carboxylic acids is 1. The average molecular weight is 262 g/mol. The Morgan fingerprint density at radius 1 is 1.37 bits per heavy atom. The largest absolute Gasteiger partial charge is 0.481 e. The van der Waals surface area contributed by atoms with Gasteiger partial charge in [-0.3, -0.25) is 14.6 Å². The molecule has 102 valence electrons. The zero-order valence-corrected chi connectivity index (χ0v) is 11.0. The monoisotopic (exact) mass is 262 g/mol. The summed E-state index contributed by atoms with van der Waals surface area (Å²) in [7, 11) is 0. The van der Waals surface area contributed by atoms with E-state index in [9.17, 15) is 14.7 Å². The standard InChI is InChI=1S/C14H18N2O3/c1-11(17)16-9-14(10-16,13(18)19)6-2-3-12-4-7-15-8-5-12/h4-5,7-8H,2-3,6,9-10H2,1H3,(H,18,19). The van der Waals surface area contributed by atoms with Crippen LogP contribution in [0.3, 0.4) is 0 Å². The molecule has 0 spiro atoms. The fourth-order valence-electron chi connectivity index (χ4n) is 2.49. The SMILES string of the molecule is CC(=O)N1CC(CCCc2ccncc2)(C(=O)O)C1. The van der Waals surface area contributed by atoms with Gasteiger partial charge in [-0.2, -0.15) is 0 Å². The molecule has 0 atom stereocenters. The number of hydrogen-bond acceptors (Lipinski definition) is 3. The van der Waals surface area contributed by atoms with Gasteiger partial charge in [-0.05, 0) is 37.0 Å². The summed E-state index contributed by atoms with van der Waals surface area (Å²) in [6.07, 6.45) is 5.74. The minimum atomic E-state index is -0.792. The van der Waals surface area contributed by atoms with Crippen molar-refractivity contribution in [3.8, 4) is 0 Å². The summed E-state index contributed by atoms with van der Waals surface area (Å²) in [4.78, 5) is 28.1. The predicted molar refractivity (Wildman–Crippen MR) is 69.5 cm³/mol. The van der Waals surface area contributed by atoms with Crippen molar-refractivity contribution < 1.29 is 14.7 Å². The van der Waals surface area contributed by atoms with Gasteiger partial charge in [0.15, 0.2) is 0 Å². The van der Waals surface area contributed by atoms with E-state index in [1.165, 1.54) is 12.5 Å². The molecule has 5 heteroatoms. The van der Waals surface area contributed by atoms with Crippen molar-refractivity contribution >= 4 is 11.9 Å². The molecule has 2 heterocycles. The van der Waals surface area contributed by atoms with Crippen molar-refractivity contribution in [2.45, 2.75) is 26.2 Å². The van der Waals surface area contributed by atoms with Crippen LogP contribution in [0, 0.1) is 5.41 Å². The topological polar surface area (TPSA) is 70.5 Å². The number of pyridine rings is 1. The summed E-state index contributed by atoms with van der Waals surface area (Å²) in [5, 5.41) is 9.33. The van der Waals surface area contributed by atoms with Crippen LogP contribution in [0.25, 0.3) is 0 Å². The number of rotatable bonds is 5. The first-order valence-corrected chi connectivity index (χ1v) is 6.41. The van der Waals surface area contributed by atoms with Crippen molar-refractivity contribution in [3.05, 3.63) is 30.1 Å². The molecule has 0 radical (unpaired) electrons. The minimum absolute atomic E-state index is 0.0500. The van der Waals surface area contributed by atoms with Gasteiger partial charge in [0.2, 0.25) is 5.91 Å². The van der Waals surface area contributed by atoms with Gasteiger partial charge in [0.05, 0.1) is 0 Å². The maximum atomic E-state index is 11.4. The number of aliphatic carboxylic acids is 1. The van der Waals surface area contributed by atoms with E-state index in [1.54, 1.807) is 17.3 Å². The third-order valence-electron chi connectivity index (χ3n) is 3.76. The maximum absolute atomic E-state index is 11.4. The van der Waals surface area contributed by atoms with Crippen LogP contribution in [0.4, 0.5) is 0 Å². The van der Waals surface area contributed by atoms with Crippen molar-refractivity contribution in [2.24, 2.45) is 5.41 Å². The van der Waals surface area contributed by atoms with E-state index in [0.29, 0.717) is 19.5 Å². The molecular formula is C14H18N2O3. The van der Waals surface area contributed by atoms with E-state index in [4.69, 9.17) is 0 Å². The lowest BCUT2D eigenvalue weighted by Crippen LogP contribution is -2.61. The van der Waals surface area contributed by atoms with Crippen LogP contribution in [0.1, 0.15) is 25.3 Å². The summed E-state index contributed by atoms with van der Waals surface area (Å²) in [6, 6.07) is 3.88. The Kier molecular flexibility index (Phi) is 3.83. The van der Waals surface area contributed by atoms with Crippen LogP contribution >= 0.6 is 0 Å². The Bertz CT molecular complexity index is 467. The third kappa shape index (κ3) is 2.92. The fraction of sp³-hybridized carbons (Fsp3) is 0.500. The zero-order chi connectivity index (χ0) is 13.9. The number of aromatic nitrogens is 1. The van der Waals surface area contributed by atoms with Crippen LogP contribution in [-0.2, 0) is 16.0 Å². The van der Waals surface area contributed by atoms with Crippen LogP contribution in [-0.4, -0.2) is 40.0 Å². The average Bonchev–Trinajstić information content (AvgIpc) is 2.32. The molecule has 0 aliphatic carbocycles. The predicted octanol–water partition coefficient (Wildman–Crippen LogP) is 1.34. The second-order valence-electron chi connectivity index (χ2n) is 5.17. The summed E-state index contributed by atoms with van der Waals surface area (Å²) in [6.45, 7) is 2.16. The van der Waals surface area contributed by atoms with Crippen LogP contribution < -0.4 is 0 Å². The van der Waals surface area contributed by atoms with Crippen LogP contribution in [0.2, 0.25) is 0 Å². The van der Waals surface area contributed by atoms with Crippen molar-refractivity contribution in [1.29, 1.82) is 0 Å². The van der Waals surface area contributed by atoms with Gasteiger partial charge in [-0.25, -0.2) is 0 Å². The number of nitrogens with zero attached hydrogens (tertiary/aromatic N) is 2. The number of carboxylic acids is 1. The Balaban J connectivity index is 1.86. The summed E-state index contributed by atoms with van der Waals surface area (Å²) < 4.78 is 0. The van der Waals surface area contributed by atoms with E-state index in [1.807, 2.05) is 12.1 Å². The molecular weight excluding hydrogens is 244 g/mol. The lowest BCUT2D eigenvalue weighted by molar-refractivity contribution is -0.166. The molecule has 0 bridgehead atoms. The van der Waals surface area contributed by atoms with E-state index in [2.05, 4.69) is 4.98 Å². The molecule has 19 heavy (non-hydrogen) atoms. The summed E-state index contributed by atoms with van der Waals surface area (Å²) in [5.74, 6) is -0.842. The number of likely N-dealkylation sites (tertiary alicyclic amines) is 1. The normalized spacial score (nSPS) is 16.8. The van der Waals surface area contributed by atoms with Crippen molar-refractivity contribution in [2.75, 3.05) is 13.1 Å². The molecule has 1 aliphatic rings. The lowest BCUT2D eigenvalue weighted by atomic mass is 9.75. The van der Waals surface area contributed by atoms with E-state index in [-0.39, 0.29) is 5.91 Å². The van der Waals surface area contributed by atoms with E-state index in [0.717, 1.165) is 12.8 Å². The van der Waals surface area contributed by atoms with Crippen LogP contribution in [0.5, 0.6) is 0 Å². The highest BCUT2D eigenvalue weighted by Crippen LogP contribution is 2.36. The first-order valence-electron chi connectivity index (χ1n) is 6.41. The highest BCUT2D eigenvalue weighted by molar-refractivity contribution is 5.82. The lowest BCUT2D eigenvalue weighted by Gasteiger charge is -2.47. The Hall–Kier alpha value is -1.91. The number of carbonyl (C=O) groups is 2. The van der Waals surface area contributed by atoms with Gasteiger partial charge < -0.3 is 10.0 Å². The smallest absolute Gasteiger partial charge is 0.313 e. The van der Waals surface area contributed by atoms with Gasteiger partial charge in [-0.15, -0.1) is 0 Å². The van der Waals surface area contributed by atoms with Crippen molar-refractivity contribution in [3.63, 3.8) is 0 Å². The second kappa shape index (κ2) is 5.38. The molecule has 0 saturated carbocycles. The number of amides is 1. The minimum Gasteiger partial charge on any atom is -0.481 e. The molecule has 1 aromatic heterocycles. The van der Waals surface area contributed by atoms with Gasteiger partial charge in [-0.1, -0.05) is 0 Å². The molecule has 0 aromatic carbocycles. The molecule has 2 rings (SSSR count). The van der Waals surface area contributed by atoms with Gasteiger partial charge in [0.25, 0.3) is 0 Å². The Labute approximate surface area is 112 Å². The molecule has 1 N–H and O–H groups in total. The van der Waals surface area contributed by atoms with Crippen molar-refractivity contribution in [1.82, 2.24) is 9.88 Å². The molecule has 0 unspecified atom stereocenters. The van der Waals surface area contributed by atoms with E-state index >= 15 is 0 Å². The summed E-state index contributed by atoms with van der Waals surface area (Å²) >= 11 is 0. The van der Waals surface area contributed by atoms with Crippen LogP contribution in [0.15, 0.2) is 24.5 Å². The number of aryl methyl sites for hydroxylation is 1. The molecule has 1 aliphatic heterocycles. The molecule has 1 saturated heterocycles. The molecule has 1 amide bonds. The highest BCUT2D eigenvalue weighted by Gasteiger charge is 2.49. The first-order chi connectivity index (χ1) is 9.03. The van der Waals surface area contributed by atoms with Gasteiger partial charge in [0, 0.05) is 32.4 Å².